The van der Waals surface area contributed by atoms with Gasteiger partial charge < -0.3 is 9.80 Å². The van der Waals surface area contributed by atoms with E-state index in [-0.39, 0.29) is 5.56 Å². The van der Waals surface area contributed by atoms with Gasteiger partial charge in [0.15, 0.2) is 0 Å². The van der Waals surface area contributed by atoms with Gasteiger partial charge in [-0.15, -0.1) is 0 Å². The molecule has 0 aromatic carbocycles. The molecule has 0 saturated carbocycles. The first kappa shape index (κ1) is 12.7. The maximum atomic E-state index is 11.3. The molecule has 104 valence electrons. The molecule has 0 atom stereocenters. The van der Waals surface area contributed by atoms with E-state index in [2.05, 4.69) is 20.0 Å². The predicted molar refractivity (Wildman–Crippen MR) is 75.5 cm³/mol. The third-order valence-corrected chi connectivity index (χ3v) is 4.35. The molecule has 0 spiro atoms. The number of aromatic nitrogens is 2. The number of rotatable bonds is 3. The lowest BCUT2D eigenvalue weighted by Gasteiger charge is -2.34. The van der Waals surface area contributed by atoms with Crippen molar-refractivity contribution in [1.29, 1.82) is 0 Å². The molecule has 0 radical (unpaired) electrons. The van der Waals surface area contributed by atoms with Crippen LogP contribution in [0.2, 0.25) is 0 Å². The first-order chi connectivity index (χ1) is 9.31. The van der Waals surface area contributed by atoms with Gasteiger partial charge >= 0.3 is 0 Å². The Morgan fingerprint density at radius 3 is 2.63 bits per heavy atom. The average molecular weight is 262 g/mol. The van der Waals surface area contributed by atoms with Crippen LogP contribution in [0, 0.1) is 5.92 Å². The zero-order valence-corrected chi connectivity index (χ0v) is 11.3. The number of piperidine rings is 1. The van der Waals surface area contributed by atoms with Crippen molar-refractivity contribution < 1.29 is 0 Å². The lowest BCUT2D eigenvalue weighted by Crippen LogP contribution is -2.38. The van der Waals surface area contributed by atoms with E-state index in [1.54, 1.807) is 12.3 Å². The highest BCUT2D eigenvalue weighted by Crippen LogP contribution is 2.23. The van der Waals surface area contributed by atoms with Crippen molar-refractivity contribution in [2.75, 3.05) is 37.6 Å². The number of likely N-dealkylation sites (tertiary alicyclic amines) is 1. The van der Waals surface area contributed by atoms with E-state index >= 15 is 0 Å². The fourth-order valence-corrected chi connectivity index (χ4v) is 3.24. The molecule has 2 aliphatic heterocycles. The highest BCUT2D eigenvalue weighted by molar-refractivity contribution is 5.42. The molecule has 19 heavy (non-hydrogen) atoms. The Bertz CT molecular complexity index is 459. The van der Waals surface area contributed by atoms with Gasteiger partial charge in [0, 0.05) is 25.7 Å². The van der Waals surface area contributed by atoms with E-state index in [1.165, 1.54) is 45.3 Å². The Balaban J connectivity index is 1.52. The Hall–Kier alpha value is -1.36. The first-order valence-electron chi connectivity index (χ1n) is 7.33. The molecule has 2 fully saturated rings. The summed E-state index contributed by atoms with van der Waals surface area (Å²) in [6.45, 7) is 5.94. The summed E-state index contributed by atoms with van der Waals surface area (Å²) >= 11 is 0. The molecule has 2 saturated heterocycles. The van der Waals surface area contributed by atoms with E-state index in [4.69, 9.17) is 0 Å². The van der Waals surface area contributed by atoms with Crippen LogP contribution >= 0.6 is 0 Å². The fourth-order valence-electron chi connectivity index (χ4n) is 3.24. The van der Waals surface area contributed by atoms with E-state index in [0.29, 0.717) is 0 Å². The lowest BCUT2D eigenvalue weighted by atomic mass is 9.96. The van der Waals surface area contributed by atoms with Crippen molar-refractivity contribution in [1.82, 2.24) is 15.1 Å². The van der Waals surface area contributed by atoms with Crippen LogP contribution in [-0.2, 0) is 0 Å². The molecule has 5 nitrogen and oxygen atoms in total. The summed E-state index contributed by atoms with van der Waals surface area (Å²) in [7, 11) is 0. The third-order valence-electron chi connectivity index (χ3n) is 4.35. The molecular weight excluding hydrogens is 240 g/mol. The van der Waals surface area contributed by atoms with Crippen molar-refractivity contribution in [2.24, 2.45) is 5.92 Å². The van der Waals surface area contributed by atoms with Crippen LogP contribution in [0.15, 0.2) is 17.1 Å². The Morgan fingerprint density at radius 1 is 1.21 bits per heavy atom. The largest absolute Gasteiger partial charge is 0.370 e. The van der Waals surface area contributed by atoms with Crippen LogP contribution in [0.1, 0.15) is 25.7 Å². The van der Waals surface area contributed by atoms with E-state index in [9.17, 15) is 4.79 Å². The number of nitrogens with zero attached hydrogens (tertiary/aromatic N) is 3. The summed E-state index contributed by atoms with van der Waals surface area (Å²) in [6.07, 6.45) is 6.95. The van der Waals surface area contributed by atoms with Gasteiger partial charge in [0.2, 0.25) is 0 Å². The van der Waals surface area contributed by atoms with E-state index in [0.717, 1.165) is 24.7 Å². The summed E-state index contributed by atoms with van der Waals surface area (Å²) in [5.74, 6) is 0.823. The SMILES string of the molecule is O=c1cc(N2CCC(CN3CCCC3)CC2)cn[nH]1. The van der Waals surface area contributed by atoms with E-state index < -0.39 is 0 Å². The lowest BCUT2D eigenvalue weighted by molar-refractivity contribution is 0.249. The average Bonchev–Trinajstić information content (AvgIpc) is 2.92. The van der Waals surface area contributed by atoms with Gasteiger partial charge in [-0.2, -0.15) is 5.10 Å². The zero-order valence-electron chi connectivity index (χ0n) is 11.3. The number of hydrogen-bond donors (Lipinski definition) is 1. The van der Waals surface area contributed by atoms with Crippen LogP contribution in [0.5, 0.6) is 0 Å². The monoisotopic (exact) mass is 262 g/mol. The molecular formula is C14H22N4O. The van der Waals surface area contributed by atoms with Crippen molar-refractivity contribution in [3.8, 4) is 0 Å². The second kappa shape index (κ2) is 5.74. The summed E-state index contributed by atoms with van der Waals surface area (Å²) in [6, 6.07) is 1.65. The maximum absolute atomic E-state index is 11.3. The third kappa shape index (κ3) is 3.15. The number of hydrogen-bond acceptors (Lipinski definition) is 4. The van der Waals surface area contributed by atoms with Gasteiger partial charge in [0.25, 0.3) is 5.56 Å². The van der Waals surface area contributed by atoms with Gasteiger partial charge in [-0.3, -0.25) is 4.79 Å². The number of H-pyrrole nitrogens is 1. The van der Waals surface area contributed by atoms with Gasteiger partial charge in [-0.1, -0.05) is 0 Å². The Labute approximate surface area is 113 Å². The van der Waals surface area contributed by atoms with Crippen molar-refractivity contribution in [3.05, 3.63) is 22.6 Å². The molecule has 1 aromatic heterocycles. The van der Waals surface area contributed by atoms with Crippen molar-refractivity contribution >= 4 is 5.69 Å². The highest BCUT2D eigenvalue weighted by Gasteiger charge is 2.23. The molecule has 0 bridgehead atoms. The van der Waals surface area contributed by atoms with Gasteiger partial charge in [-0.05, 0) is 44.7 Å². The minimum Gasteiger partial charge on any atom is -0.370 e. The predicted octanol–water partition coefficient (Wildman–Crippen LogP) is 1.08. The normalized spacial score (nSPS) is 22.0. The molecule has 2 aliphatic rings. The molecule has 3 heterocycles. The van der Waals surface area contributed by atoms with Crippen LogP contribution in [0.25, 0.3) is 0 Å². The number of anilines is 1. The molecule has 0 unspecified atom stereocenters. The van der Waals surface area contributed by atoms with Crippen LogP contribution in [0.4, 0.5) is 5.69 Å². The second-order valence-electron chi connectivity index (χ2n) is 5.74. The molecule has 1 N–H and O–H groups in total. The minimum absolute atomic E-state index is 0.114. The smallest absolute Gasteiger partial charge is 0.266 e. The molecule has 0 amide bonds. The molecule has 1 aromatic rings. The second-order valence-corrected chi connectivity index (χ2v) is 5.74. The Kier molecular flexibility index (Phi) is 3.82. The topological polar surface area (TPSA) is 52.2 Å². The quantitative estimate of drug-likeness (QED) is 0.885. The van der Waals surface area contributed by atoms with Gasteiger partial charge in [-0.25, -0.2) is 5.10 Å². The number of nitrogens with one attached hydrogen (secondary N) is 1. The fraction of sp³-hybridized carbons (Fsp3) is 0.714. The van der Waals surface area contributed by atoms with Gasteiger partial charge in [0.1, 0.15) is 0 Å². The minimum atomic E-state index is -0.114. The van der Waals surface area contributed by atoms with E-state index in [1.807, 2.05) is 0 Å². The standard InChI is InChI=1S/C14H22N4O/c19-14-9-13(10-15-16-14)18-7-3-12(4-8-18)11-17-5-1-2-6-17/h9-10,12H,1-8,11H2,(H,16,19). The van der Waals surface area contributed by atoms with Crippen LogP contribution < -0.4 is 10.5 Å². The summed E-state index contributed by atoms with van der Waals surface area (Å²) < 4.78 is 0. The van der Waals surface area contributed by atoms with Gasteiger partial charge in [0.05, 0.1) is 11.9 Å². The zero-order chi connectivity index (χ0) is 13.1. The summed E-state index contributed by atoms with van der Waals surface area (Å²) in [5, 5.41) is 6.30. The molecule has 5 heteroatoms. The van der Waals surface area contributed by atoms with Crippen molar-refractivity contribution in [2.45, 2.75) is 25.7 Å². The summed E-state index contributed by atoms with van der Waals surface area (Å²) in [4.78, 5) is 16.2. The van der Waals surface area contributed by atoms with Crippen molar-refractivity contribution in [3.63, 3.8) is 0 Å². The number of aromatic amines is 1. The summed E-state index contributed by atoms with van der Waals surface area (Å²) in [5.41, 5.74) is 0.847. The first-order valence-corrected chi connectivity index (χ1v) is 7.33. The maximum Gasteiger partial charge on any atom is 0.266 e. The highest BCUT2D eigenvalue weighted by atomic mass is 16.1. The molecule has 0 aliphatic carbocycles. The molecule has 3 rings (SSSR count). The van der Waals surface area contributed by atoms with Crippen LogP contribution in [-0.4, -0.2) is 47.8 Å². The van der Waals surface area contributed by atoms with Crippen LogP contribution in [0.3, 0.4) is 0 Å². The Morgan fingerprint density at radius 2 is 1.95 bits per heavy atom.